The highest BCUT2D eigenvalue weighted by atomic mass is 16.1. The van der Waals surface area contributed by atoms with Crippen molar-refractivity contribution in [3.8, 4) is 0 Å². The van der Waals surface area contributed by atoms with Crippen LogP contribution in [0.1, 0.15) is 47.7 Å². The molecule has 0 saturated heterocycles. The molecule has 0 atom stereocenters. The van der Waals surface area contributed by atoms with Gasteiger partial charge in [-0.2, -0.15) is 0 Å². The van der Waals surface area contributed by atoms with Crippen molar-refractivity contribution in [2.24, 2.45) is 5.92 Å². The van der Waals surface area contributed by atoms with E-state index in [4.69, 9.17) is 0 Å². The molecule has 1 amide bonds. The summed E-state index contributed by atoms with van der Waals surface area (Å²) in [6.45, 7) is 10.9. The molecule has 0 fully saturated rings. The summed E-state index contributed by atoms with van der Waals surface area (Å²) in [6, 6.07) is 8.55. The van der Waals surface area contributed by atoms with Crippen LogP contribution in [-0.4, -0.2) is 40.0 Å². The summed E-state index contributed by atoms with van der Waals surface area (Å²) in [6.07, 6.45) is 3.61. The highest BCUT2D eigenvalue weighted by molar-refractivity contribution is 5.92. The summed E-state index contributed by atoms with van der Waals surface area (Å²) in [5, 5.41) is 3.03. The molecule has 0 radical (unpaired) electrons. The molecule has 1 aromatic heterocycles. The van der Waals surface area contributed by atoms with Crippen LogP contribution in [-0.2, 0) is 19.5 Å². The van der Waals surface area contributed by atoms with Crippen LogP contribution in [0.2, 0.25) is 0 Å². The average Bonchev–Trinajstić information content (AvgIpc) is 2.91. The number of imidazole rings is 1. The van der Waals surface area contributed by atoms with Crippen molar-refractivity contribution in [1.29, 1.82) is 0 Å². The summed E-state index contributed by atoms with van der Waals surface area (Å²) >= 11 is 0. The molecule has 5 nitrogen and oxygen atoms in total. The van der Waals surface area contributed by atoms with Crippen molar-refractivity contribution in [3.05, 3.63) is 53.1 Å². The Morgan fingerprint density at radius 2 is 2.04 bits per heavy atom. The van der Waals surface area contributed by atoms with Crippen LogP contribution in [0.5, 0.6) is 0 Å². The first-order valence-electron chi connectivity index (χ1n) is 9.64. The van der Waals surface area contributed by atoms with E-state index in [1.54, 1.807) is 6.20 Å². The summed E-state index contributed by atoms with van der Waals surface area (Å²) < 4.78 is 2.10. The SMILES string of the molecule is Cc1ccccc1CN1CCc2ncc(C(=O)NCCC(C)C)n2CC1. The van der Waals surface area contributed by atoms with Crippen molar-refractivity contribution in [2.45, 2.75) is 46.7 Å². The molecule has 1 aromatic carbocycles. The Morgan fingerprint density at radius 3 is 2.81 bits per heavy atom. The standard InChI is InChI=1S/C21H30N4O/c1-16(2)8-10-22-21(26)19-14-23-20-9-11-24(12-13-25(19)20)15-18-7-5-4-6-17(18)3/h4-7,14,16H,8-13,15H2,1-3H3,(H,22,26). The van der Waals surface area contributed by atoms with Gasteiger partial charge in [-0.05, 0) is 30.4 Å². The van der Waals surface area contributed by atoms with E-state index in [-0.39, 0.29) is 5.91 Å². The highest BCUT2D eigenvalue weighted by Crippen LogP contribution is 2.16. The van der Waals surface area contributed by atoms with Gasteiger partial charge in [0.1, 0.15) is 11.5 Å². The van der Waals surface area contributed by atoms with Gasteiger partial charge in [-0.25, -0.2) is 4.98 Å². The molecule has 1 aliphatic heterocycles. The number of benzene rings is 1. The molecule has 26 heavy (non-hydrogen) atoms. The van der Waals surface area contributed by atoms with Gasteiger partial charge in [-0.3, -0.25) is 9.69 Å². The number of nitrogens with zero attached hydrogens (tertiary/aromatic N) is 3. The molecular formula is C21H30N4O. The fraction of sp³-hybridized carbons (Fsp3) is 0.524. The van der Waals surface area contributed by atoms with E-state index in [1.807, 2.05) is 0 Å². The number of aryl methyl sites for hydroxylation is 1. The van der Waals surface area contributed by atoms with Crippen LogP contribution in [0.3, 0.4) is 0 Å². The predicted octanol–water partition coefficient (Wildman–Crippen LogP) is 3.03. The third-order valence-electron chi connectivity index (χ3n) is 5.12. The van der Waals surface area contributed by atoms with Crippen molar-refractivity contribution in [2.75, 3.05) is 19.6 Å². The Hall–Kier alpha value is -2.14. The molecule has 0 unspecified atom stereocenters. The van der Waals surface area contributed by atoms with Gasteiger partial charge in [0.25, 0.3) is 5.91 Å². The van der Waals surface area contributed by atoms with E-state index in [0.29, 0.717) is 11.6 Å². The lowest BCUT2D eigenvalue weighted by atomic mass is 10.1. The zero-order valence-electron chi connectivity index (χ0n) is 16.2. The van der Waals surface area contributed by atoms with Gasteiger partial charge >= 0.3 is 0 Å². The number of carbonyl (C=O) groups excluding carboxylic acids is 1. The first-order chi connectivity index (χ1) is 12.5. The molecule has 0 aliphatic carbocycles. The zero-order valence-corrected chi connectivity index (χ0v) is 16.2. The molecule has 1 aliphatic rings. The average molecular weight is 354 g/mol. The fourth-order valence-electron chi connectivity index (χ4n) is 3.41. The van der Waals surface area contributed by atoms with E-state index in [1.165, 1.54) is 11.1 Å². The minimum absolute atomic E-state index is 0.00301. The summed E-state index contributed by atoms with van der Waals surface area (Å²) in [5.74, 6) is 1.61. The van der Waals surface area contributed by atoms with Crippen LogP contribution in [0.25, 0.3) is 0 Å². The topological polar surface area (TPSA) is 50.2 Å². The molecular weight excluding hydrogens is 324 g/mol. The number of nitrogens with one attached hydrogen (secondary N) is 1. The monoisotopic (exact) mass is 354 g/mol. The molecule has 0 bridgehead atoms. The molecule has 0 saturated carbocycles. The largest absolute Gasteiger partial charge is 0.351 e. The van der Waals surface area contributed by atoms with Gasteiger partial charge in [0.05, 0.1) is 6.20 Å². The second-order valence-corrected chi connectivity index (χ2v) is 7.60. The number of hydrogen-bond acceptors (Lipinski definition) is 3. The van der Waals surface area contributed by atoms with Crippen LogP contribution >= 0.6 is 0 Å². The zero-order chi connectivity index (χ0) is 18.5. The van der Waals surface area contributed by atoms with Gasteiger partial charge in [0.15, 0.2) is 0 Å². The van der Waals surface area contributed by atoms with Gasteiger partial charge in [-0.1, -0.05) is 38.1 Å². The Morgan fingerprint density at radius 1 is 1.23 bits per heavy atom. The van der Waals surface area contributed by atoms with Crippen LogP contribution in [0.4, 0.5) is 0 Å². The van der Waals surface area contributed by atoms with Crippen molar-refractivity contribution >= 4 is 5.91 Å². The third-order valence-corrected chi connectivity index (χ3v) is 5.12. The van der Waals surface area contributed by atoms with E-state index >= 15 is 0 Å². The molecule has 2 aromatic rings. The Balaban J connectivity index is 1.62. The van der Waals surface area contributed by atoms with Crippen molar-refractivity contribution < 1.29 is 4.79 Å². The Labute approximate surface area is 156 Å². The second kappa shape index (κ2) is 8.49. The molecule has 3 rings (SSSR count). The number of aromatic nitrogens is 2. The van der Waals surface area contributed by atoms with Gasteiger partial charge in [0.2, 0.25) is 0 Å². The van der Waals surface area contributed by atoms with Gasteiger partial charge in [0, 0.05) is 39.1 Å². The quantitative estimate of drug-likeness (QED) is 0.867. The molecule has 1 N–H and O–H groups in total. The smallest absolute Gasteiger partial charge is 0.269 e. The Kier molecular flexibility index (Phi) is 6.09. The maximum atomic E-state index is 12.5. The summed E-state index contributed by atoms with van der Waals surface area (Å²) in [7, 11) is 0. The molecule has 0 spiro atoms. The molecule has 5 heteroatoms. The number of carbonyl (C=O) groups is 1. The van der Waals surface area contributed by atoms with Crippen LogP contribution < -0.4 is 5.32 Å². The second-order valence-electron chi connectivity index (χ2n) is 7.60. The van der Waals surface area contributed by atoms with Crippen molar-refractivity contribution in [1.82, 2.24) is 19.8 Å². The summed E-state index contributed by atoms with van der Waals surface area (Å²) in [4.78, 5) is 19.5. The highest BCUT2D eigenvalue weighted by Gasteiger charge is 2.21. The normalized spacial score (nSPS) is 14.9. The van der Waals surface area contributed by atoms with E-state index in [0.717, 1.165) is 51.4 Å². The van der Waals surface area contributed by atoms with Crippen molar-refractivity contribution in [3.63, 3.8) is 0 Å². The lowest BCUT2D eigenvalue weighted by molar-refractivity contribution is 0.0942. The fourth-order valence-corrected chi connectivity index (χ4v) is 3.41. The number of amides is 1. The first kappa shape index (κ1) is 18.6. The lowest BCUT2D eigenvalue weighted by Crippen LogP contribution is -2.29. The van der Waals surface area contributed by atoms with Gasteiger partial charge < -0.3 is 9.88 Å². The van der Waals surface area contributed by atoms with E-state index in [2.05, 4.69) is 64.8 Å². The maximum Gasteiger partial charge on any atom is 0.269 e. The predicted molar refractivity (Wildman–Crippen MR) is 104 cm³/mol. The van der Waals surface area contributed by atoms with Gasteiger partial charge in [-0.15, -0.1) is 0 Å². The minimum Gasteiger partial charge on any atom is -0.351 e. The molecule has 140 valence electrons. The maximum absolute atomic E-state index is 12.5. The third kappa shape index (κ3) is 4.52. The number of fused-ring (bicyclic) bond motifs is 1. The number of hydrogen-bond donors (Lipinski definition) is 1. The summed E-state index contributed by atoms with van der Waals surface area (Å²) in [5.41, 5.74) is 3.40. The lowest BCUT2D eigenvalue weighted by Gasteiger charge is -2.20. The van der Waals surface area contributed by atoms with E-state index in [9.17, 15) is 4.79 Å². The number of rotatable bonds is 6. The first-order valence-corrected chi connectivity index (χ1v) is 9.64. The van der Waals surface area contributed by atoms with Crippen LogP contribution in [0.15, 0.2) is 30.5 Å². The Bertz CT molecular complexity index is 750. The van der Waals surface area contributed by atoms with E-state index < -0.39 is 0 Å². The molecule has 2 heterocycles. The van der Waals surface area contributed by atoms with Crippen LogP contribution in [0, 0.1) is 12.8 Å². The minimum atomic E-state index is -0.00301.